The molecule has 0 aliphatic rings. The molecule has 0 aromatic carbocycles. The highest BCUT2D eigenvalue weighted by molar-refractivity contribution is 5.75. The Hall–Kier alpha value is -1.40. The minimum Gasteiger partial charge on any atom is -0.465 e. The van der Waals surface area contributed by atoms with Crippen LogP contribution < -0.4 is 11.1 Å². The van der Waals surface area contributed by atoms with E-state index in [-0.39, 0.29) is 5.97 Å². The van der Waals surface area contributed by atoms with Gasteiger partial charge in [0.05, 0.1) is 12.9 Å². The van der Waals surface area contributed by atoms with Crippen molar-refractivity contribution in [1.82, 2.24) is 14.9 Å². The molecule has 102 valence electrons. The van der Waals surface area contributed by atoms with Crippen molar-refractivity contribution in [3.63, 3.8) is 0 Å². The van der Waals surface area contributed by atoms with Crippen molar-refractivity contribution in [2.75, 3.05) is 19.7 Å². The van der Waals surface area contributed by atoms with Crippen LogP contribution in [0, 0.1) is 0 Å². The Labute approximate surface area is 108 Å². The third-order valence-electron chi connectivity index (χ3n) is 2.53. The van der Waals surface area contributed by atoms with Gasteiger partial charge in [-0.15, -0.1) is 0 Å². The lowest BCUT2D eigenvalue weighted by Gasteiger charge is -2.11. The molecule has 1 aromatic heterocycles. The summed E-state index contributed by atoms with van der Waals surface area (Å²) in [6.45, 7) is 4.42. The molecule has 3 N–H and O–H groups in total. The first-order chi connectivity index (χ1) is 8.74. The SMILES string of the molecule is CCOC(=O)C(N)CNCCCCn1ccnc1. The zero-order valence-corrected chi connectivity index (χ0v) is 10.8. The summed E-state index contributed by atoms with van der Waals surface area (Å²) in [5.74, 6) is -0.344. The first-order valence-electron chi connectivity index (χ1n) is 6.32. The quantitative estimate of drug-likeness (QED) is 0.484. The zero-order valence-electron chi connectivity index (χ0n) is 10.8. The maximum absolute atomic E-state index is 11.2. The molecule has 1 rings (SSSR count). The van der Waals surface area contributed by atoms with Crippen molar-refractivity contribution in [2.24, 2.45) is 5.73 Å². The van der Waals surface area contributed by atoms with Gasteiger partial charge in [-0.05, 0) is 26.3 Å². The lowest BCUT2D eigenvalue weighted by molar-refractivity contribution is -0.144. The van der Waals surface area contributed by atoms with Gasteiger partial charge >= 0.3 is 5.97 Å². The Morgan fingerprint density at radius 3 is 3.06 bits per heavy atom. The molecule has 0 fully saturated rings. The first kappa shape index (κ1) is 14.7. The van der Waals surface area contributed by atoms with Gasteiger partial charge in [-0.25, -0.2) is 4.98 Å². The molecular weight excluding hydrogens is 232 g/mol. The number of rotatable bonds is 9. The summed E-state index contributed by atoms with van der Waals surface area (Å²) >= 11 is 0. The molecule has 1 aromatic rings. The highest BCUT2D eigenvalue weighted by Crippen LogP contribution is 1.94. The molecule has 0 spiro atoms. The van der Waals surface area contributed by atoms with E-state index in [1.807, 2.05) is 17.1 Å². The first-order valence-corrected chi connectivity index (χ1v) is 6.32. The van der Waals surface area contributed by atoms with Crippen molar-refractivity contribution in [3.05, 3.63) is 18.7 Å². The third-order valence-corrected chi connectivity index (χ3v) is 2.53. The standard InChI is InChI=1S/C12H22N4O2/c1-2-18-12(17)11(13)9-14-5-3-4-7-16-8-6-15-10-16/h6,8,10-11,14H,2-5,7,9,13H2,1H3. The molecular formula is C12H22N4O2. The van der Waals surface area contributed by atoms with Crippen LogP contribution in [0.15, 0.2) is 18.7 Å². The molecule has 0 aliphatic heterocycles. The number of hydrogen-bond acceptors (Lipinski definition) is 5. The van der Waals surface area contributed by atoms with Crippen LogP contribution in [0.5, 0.6) is 0 Å². The molecule has 1 unspecified atom stereocenters. The zero-order chi connectivity index (χ0) is 13.2. The number of aromatic nitrogens is 2. The van der Waals surface area contributed by atoms with Crippen LogP contribution in [0.4, 0.5) is 0 Å². The molecule has 0 radical (unpaired) electrons. The van der Waals surface area contributed by atoms with Crippen molar-refractivity contribution < 1.29 is 9.53 Å². The molecule has 6 nitrogen and oxygen atoms in total. The van der Waals surface area contributed by atoms with E-state index in [0.717, 1.165) is 25.9 Å². The molecule has 0 amide bonds. The van der Waals surface area contributed by atoms with Gasteiger partial charge in [0.25, 0.3) is 0 Å². The van der Waals surface area contributed by atoms with Crippen molar-refractivity contribution in [2.45, 2.75) is 32.4 Å². The Morgan fingerprint density at radius 2 is 2.39 bits per heavy atom. The van der Waals surface area contributed by atoms with Crippen LogP contribution in [0.3, 0.4) is 0 Å². The number of nitrogens with two attached hydrogens (primary N) is 1. The van der Waals surface area contributed by atoms with Crippen LogP contribution in [-0.4, -0.2) is 41.3 Å². The summed E-state index contributed by atoms with van der Waals surface area (Å²) in [7, 11) is 0. The van der Waals surface area contributed by atoms with Crippen LogP contribution in [0.2, 0.25) is 0 Å². The minimum absolute atomic E-state index is 0.344. The fraction of sp³-hybridized carbons (Fsp3) is 0.667. The summed E-state index contributed by atoms with van der Waals surface area (Å²) in [5.41, 5.74) is 5.65. The fourth-order valence-electron chi connectivity index (χ4n) is 1.55. The highest BCUT2D eigenvalue weighted by Gasteiger charge is 2.12. The highest BCUT2D eigenvalue weighted by atomic mass is 16.5. The summed E-state index contributed by atoms with van der Waals surface area (Å²) in [5, 5.41) is 3.15. The monoisotopic (exact) mass is 254 g/mol. The van der Waals surface area contributed by atoms with E-state index in [1.165, 1.54) is 0 Å². The van der Waals surface area contributed by atoms with Gasteiger partial charge in [0.1, 0.15) is 6.04 Å². The number of ether oxygens (including phenoxy) is 1. The van der Waals surface area contributed by atoms with E-state index in [9.17, 15) is 4.79 Å². The molecule has 6 heteroatoms. The van der Waals surface area contributed by atoms with E-state index in [1.54, 1.807) is 13.1 Å². The maximum atomic E-state index is 11.2. The number of esters is 1. The van der Waals surface area contributed by atoms with Crippen molar-refractivity contribution in [3.8, 4) is 0 Å². The van der Waals surface area contributed by atoms with Crippen molar-refractivity contribution in [1.29, 1.82) is 0 Å². The second-order valence-electron chi connectivity index (χ2n) is 4.07. The molecule has 1 atom stereocenters. The summed E-state index contributed by atoms with van der Waals surface area (Å²) in [6.07, 6.45) is 7.64. The van der Waals surface area contributed by atoms with Crippen molar-refractivity contribution >= 4 is 5.97 Å². The summed E-state index contributed by atoms with van der Waals surface area (Å²) in [4.78, 5) is 15.2. The van der Waals surface area contributed by atoms with Gasteiger partial charge in [0.2, 0.25) is 0 Å². The number of nitrogens with zero attached hydrogens (tertiary/aromatic N) is 2. The number of aryl methyl sites for hydroxylation is 1. The topological polar surface area (TPSA) is 82.2 Å². The second kappa shape index (κ2) is 8.66. The Kier molecular flexibility index (Phi) is 7.05. The number of hydrogen-bond donors (Lipinski definition) is 2. The molecule has 0 bridgehead atoms. The molecule has 0 saturated heterocycles. The van der Waals surface area contributed by atoms with Crippen LogP contribution in [0.1, 0.15) is 19.8 Å². The Bertz CT molecular complexity index is 327. The number of carbonyl (C=O) groups is 1. The number of nitrogens with one attached hydrogen (secondary N) is 1. The van der Waals surface area contributed by atoms with Crippen LogP contribution in [0.25, 0.3) is 0 Å². The summed E-state index contributed by atoms with van der Waals surface area (Å²) in [6, 6.07) is -0.571. The molecule has 18 heavy (non-hydrogen) atoms. The number of carbonyl (C=O) groups excluding carboxylic acids is 1. The largest absolute Gasteiger partial charge is 0.465 e. The fourth-order valence-corrected chi connectivity index (χ4v) is 1.55. The third kappa shape index (κ3) is 5.79. The van der Waals surface area contributed by atoms with Crippen LogP contribution >= 0.6 is 0 Å². The molecule has 0 saturated carbocycles. The lowest BCUT2D eigenvalue weighted by atomic mass is 10.3. The normalized spacial score (nSPS) is 12.3. The Balaban J connectivity index is 1.96. The number of imidazole rings is 1. The van der Waals surface area contributed by atoms with E-state index in [2.05, 4.69) is 10.3 Å². The predicted octanol–water partition coefficient (Wildman–Crippen LogP) is 0.143. The minimum atomic E-state index is -0.571. The van der Waals surface area contributed by atoms with Gasteiger partial charge in [0.15, 0.2) is 0 Å². The van der Waals surface area contributed by atoms with Gasteiger partial charge in [-0.1, -0.05) is 0 Å². The maximum Gasteiger partial charge on any atom is 0.324 e. The average Bonchev–Trinajstić information content (AvgIpc) is 2.86. The predicted molar refractivity (Wildman–Crippen MR) is 68.9 cm³/mol. The average molecular weight is 254 g/mol. The molecule has 1 heterocycles. The summed E-state index contributed by atoms with van der Waals surface area (Å²) < 4.78 is 6.86. The second-order valence-corrected chi connectivity index (χ2v) is 4.07. The van der Waals surface area contributed by atoms with Gasteiger partial charge in [-0.2, -0.15) is 0 Å². The van der Waals surface area contributed by atoms with E-state index in [0.29, 0.717) is 13.2 Å². The molecule has 0 aliphatic carbocycles. The number of unbranched alkanes of at least 4 members (excludes halogenated alkanes) is 1. The van der Waals surface area contributed by atoms with Gasteiger partial charge in [0, 0.05) is 25.5 Å². The van der Waals surface area contributed by atoms with E-state index >= 15 is 0 Å². The van der Waals surface area contributed by atoms with E-state index < -0.39 is 6.04 Å². The smallest absolute Gasteiger partial charge is 0.324 e. The van der Waals surface area contributed by atoms with Gasteiger partial charge < -0.3 is 20.4 Å². The van der Waals surface area contributed by atoms with Crippen LogP contribution in [-0.2, 0) is 16.1 Å². The van der Waals surface area contributed by atoms with E-state index in [4.69, 9.17) is 10.5 Å². The lowest BCUT2D eigenvalue weighted by Crippen LogP contribution is -2.41. The van der Waals surface area contributed by atoms with Gasteiger partial charge in [-0.3, -0.25) is 4.79 Å². The Morgan fingerprint density at radius 1 is 1.56 bits per heavy atom.